The fraction of sp³-hybridized carbons (Fsp3) is 0.118. The fourth-order valence-corrected chi connectivity index (χ4v) is 2.62. The summed E-state index contributed by atoms with van der Waals surface area (Å²) in [5.74, 6) is 0.378. The van der Waals surface area contributed by atoms with Crippen LogP contribution in [0.1, 0.15) is 5.69 Å². The number of hydrazine groups is 1. The van der Waals surface area contributed by atoms with E-state index in [1.807, 2.05) is 0 Å². The highest BCUT2D eigenvalue weighted by Gasteiger charge is 2.34. The number of hydrogen-bond acceptors (Lipinski definition) is 7. The Hall–Kier alpha value is -4.16. The number of urea groups is 1. The van der Waals surface area contributed by atoms with Crippen molar-refractivity contribution >= 4 is 23.9 Å². The minimum Gasteiger partial charge on any atom is -0.374 e. The van der Waals surface area contributed by atoms with Gasteiger partial charge in [-0.25, -0.2) is 9.79 Å². The second kappa shape index (κ2) is 7.35. The van der Waals surface area contributed by atoms with E-state index in [1.54, 1.807) is 36.7 Å². The fourth-order valence-electron chi connectivity index (χ4n) is 2.62. The molecular formula is C17H15F3N8O2. The molecule has 0 fully saturated rings. The molecule has 2 aliphatic heterocycles. The number of carbonyl (C=O) groups excluding carboxylic acids is 1. The maximum Gasteiger partial charge on any atom is 0.435 e. The van der Waals surface area contributed by atoms with E-state index >= 15 is 0 Å². The highest BCUT2D eigenvalue weighted by atomic mass is 19.4. The molecule has 0 aliphatic carbocycles. The molecule has 156 valence electrons. The Morgan fingerprint density at radius 1 is 1.20 bits per heavy atom. The number of alkyl halides is 3. The average molecular weight is 420 g/mol. The van der Waals surface area contributed by atoms with Gasteiger partial charge in [0.1, 0.15) is 23.6 Å². The molecular weight excluding hydrogens is 405 g/mol. The Morgan fingerprint density at radius 2 is 1.97 bits per heavy atom. The summed E-state index contributed by atoms with van der Waals surface area (Å²) in [6.07, 6.45) is 0.240. The van der Waals surface area contributed by atoms with E-state index in [2.05, 4.69) is 31.6 Å². The summed E-state index contributed by atoms with van der Waals surface area (Å²) in [6, 6.07) is 6.42. The number of hydrogen-bond donors (Lipinski definition) is 4. The minimum absolute atomic E-state index is 0.0971. The first-order chi connectivity index (χ1) is 14.3. The van der Waals surface area contributed by atoms with Crippen molar-refractivity contribution in [3.8, 4) is 5.75 Å². The van der Waals surface area contributed by atoms with Crippen LogP contribution >= 0.6 is 0 Å². The van der Waals surface area contributed by atoms with E-state index in [1.165, 1.54) is 18.4 Å². The molecule has 13 heteroatoms. The van der Waals surface area contributed by atoms with Gasteiger partial charge in [-0.05, 0) is 24.3 Å². The number of fused-ring (bicyclic) bond motifs is 1. The van der Waals surface area contributed by atoms with Crippen LogP contribution in [-0.4, -0.2) is 27.2 Å². The Bertz CT molecular complexity index is 1060. The summed E-state index contributed by atoms with van der Waals surface area (Å²) in [4.78, 5) is 21.9. The third-order valence-corrected chi connectivity index (χ3v) is 4.03. The third kappa shape index (κ3) is 3.99. The Kier molecular flexibility index (Phi) is 4.69. The number of amides is 2. The molecule has 10 nitrogen and oxygen atoms in total. The lowest BCUT2D eigenvalue weighted by atomic mass is 10.3. The molecule has 3 heterocycles. The van der Waals surface area contributed by atoms with Gasteiger partial charge in [-0.15, -0.1) is 0 Å². The lowest BCUT2D eigenvalue weighted by Gasteiger charge is -2.22. The van der Waals surface area contributed by atoms with E-state index in [0.29, 0.717) is 11.4 Å². The maximum atomic E-state index is 12.7. The number of halogens is 3. The van der Waals surface area contributed by atoms with Crippen LogP contribution in [0.5, 0.6) is 5.75 Å². The molecule has 0 saturated carbocycles. The first-order valence-corrected chi connectivity index (χ1v) is 8.52. The van der Waals surface area contributed by atoms with Crippen LogP contribution in [0.3, 0.4) is 0 Å². The molecule has 2 amide bonds. The van der Waals surface area contributed by atoms with Crippen molar-refractivity contribution in [1.82, 2.24) is 25.7 Å². The summed E-state index contributed by atoms with van der Waals surface area (Å²) in [6.45, 7) is 0. The average Bonchev–Trinajstić information content (AvgIpc) is 3.31. The van der Waals surface area contributed by atoms with Gasteiger partial charge in [0, 0.05) is 25.0 Å². The third-order valence-electron chi connectivity index (χ3n) is 4.03. The van der Waals surface area contributed by atoms with Crippen molar-refractivity contribution < 1.29 is 22.8 Å². The van der Waals surface area contributed by atoms with Crippen LogP contribution in [0.2, 0.25) is 0 Å². The number of hydroxylamine groups is 2. The van der Waals surface area contributed by atoms with Gasteiger partial charge in [0.25, 0.3) is 0 Å². The molecule has 0 radical (unpaired) electrons. The normalized spacial score (nSPS) is 14.9. The highest BCUT2D eigenvalue weighted by molar-refractivity contribution is 5.99. The van der Waals surface area contributed by atoms with Gasteiger partial charge < -0.3 is 15.6 Å². The van der Waals surface area contributed by atoms with E-state index in [4.69, 9.17) is 4.84 Å². The van der Waals surface area contributed by atoms with Crippen LogP contribution in [0, 0.1) is 0 Å². The van der Waals surface area contributed by atoms with Crippen molar-refractivity contribution in [2.45, 2.75) is 6.18 Å². The number of nitrogens with one attached hydrogen (secondary N) is 4. The van der Waals surface area contributed by atoms with Crippen molar-refractivity contribution in [2.75, 3.05) is 10.6 Å². The molecule has 2 aliphatic rings. The first-order valence-electron chi connectivity index (χ1n) is 8.52. The molecule has 4 rings (SSSR count). The quantitative estimate of drug-likeness (QED) is 0.606. The second-order valence-corrected chi connectivity index (χ2v) is 6.16. The predicted molar refractivity (Wildman–Crippen MR) is 101 cm³/mol. The second-order valence-electron chi connectivity index (χ2n) is 6.16. The number of benzene rings is 1. The number of aryl methyl sites for hydroxylation is 1. The number of nitrogens with zero attached hydrogens (tertiary/aromatic N) is 4. The van der Waals surface area contributed by atoms with Crippen molar-refractivity contribution in [3.63, 3.8) is 0 Å². The highest BCUT2D eigenvalue weighted by Crippen LogP contribution is 2.29. The summed E-state index contributed by atoms with van der Waals surface area (Å²) >= 11 is 0. The van der Waals surface area contributed by atoms with Gasteiger partial charge in [-0.2, -0.15) is 23.3 Å². The monoisotopic (exact) mass is 420 g/mol. The van der Waals surface area contributed by atoms with Crippen molar-refractivity contribution in [1.29, 1.82) is 0 Å². The van der Waals surface area contributed by atoms with Crippen LogP contribution in [0.25, 0.3) is 0 Å². The van der Waals surface area contributed by atoms with Crippen LogP contribution < -0.4 is 26.3 Å². The molecule has 2 aromatic rings. The molecule has 0 spiro atoms. The zero-order valence-electron chi connectivity index (χ0n) is 15.4. The standard InChI is InChI=1S/C17H15F3N8O2/c1-27-15(6-14(26-27)17(18,19)20)24-16(29)23-10-2-4-11(5-3-10)30-28-9-21-7-12-13(28)8-22-25-12/h2-9,22,25H,1H3,(H2,23,24,29). The largest absolute Gasteiger partial charge is 0.435 e. The molecule has 0 atom stereocenters. The zero-order chi connectivity index (χ0) is 21.3. The van der Waals surface area contributed by atoms with E-state index in [9.17, 15) is 18.0 Å². The lowest BCUT2D eigenvalue weighted by Crippen LogP contribution is -2.29. The SMILES string of the molecule is Cn1nc(C(F)(F)F)cc1NC(=O)Nc1ccc(ON2C=NC=C3NNC=C32)cc1. The summed E-state index contributed by atoms with van der Waals surface area (Å²) in [5, 5.41) is 9.64. The van der Waals surface area contributed by atoms with Crippen molar-refractivity contribution in [3.05, 3.63) is 59.8 Å². The summed E-state index contributed by atoms with van der Waals surface area (Å²) in [5.41, 5.74) is 6.54. The van der Waals surface area contributed by atoms with Gasteiger partial charge in [0.05, 0.1) is 6.20 Å². The molecule has 30 heavy (non-hydrogen) atoms. The van der Waals surface area contributed by atoms with Gasteiger partial charge >= 0.3 is 12.2 Å². The summed E-state index contributed by atoms with van der Waals surface area (Å²) in [7, 11) is 1.30. The Morgan fingerprint density at radius 3 is 2.67 bits per heavy atom. The Balaban J connectivity index is 1.36. The lowest BCUT2D eigenvalue weighted by molar-refractivity contribution is -0.141. The van der Waals surface area contributed by atoms with Crippen LogP contribution in [0.15, 0.2) is 59.1 Å². The first kappa shape index (κ1) is 19.2. The molecule has 4 N–H and O–H groups in total. The predicted octanol–water partition coefficient (Wildman–Crippen LogP) is 2.51. The molecule has 1 aromatic heterocycles. The van der Waals surface area contributed by atoms with E-state index in [0.717, 1.165) is 22.1 Å². The smallest absolute Gasteiger partial charge is 0.374 e. The molecule has 1 aromatic carbocycles. The number of aromatic nitrogens is 2. The molecule has 0 saturated heterocycles. The zero-order valence-corrected chi connectivity index (χ0v) is 15.4. The van der Waals surface area contributed by atoms with Gasteiger partial charge in [-0.1, -0.05) is 0 Å². The topological polar surface area (TPSA) is 108 Å². The van der Waals surface area contributed by atoms with Crippen molar-refractivity contribution in [2.24, 2.45) is 12.0 Å². The van der Waals surface area contributed by atoms with Crippen LogP contribution in [-0.2, 0) is 13.2 Å². The van der Waals surface area contributed by atoms with Gasteiger partial charge in [-0.3, -0.25) is 15.4 Å². The number of rotatable bonds is 4. The maximum absolute atomic E-state index is 12.7. The van der Waals surface area contributed by atoms with Crippen LogP contribution in [0.4, 0.5) is 29.5 Å². The number of carbonyl (C=O) groups is 1. The Labute approximate surface area is 167 Å². The van der Waals surface area contributed by atoms with Gasteiger partial charge in [0.15, 0.2) is 11.4 Å². The molecule has 0 unspecified atom stereocenters. The summed E-state index contributed by atoms with van der Waals surface area (Å²) < 4.78 is 39.0. The molecule has 0 bridgehead atoms. The minimum atomic E-state index is -4.60. The van der Waals surface area contributed by atoms with E-state index < -0.39 is 17.9 Å². The number of aliphatic imine (C=N–C) groups is 1. The van der Waals surface area contributed by atoms with Gasteiger partial charge in [0.2, 0.25) is 0 Å². The number of anilines is 2. The van der Waals surface area contributed by atoms with E-state index in [-0.39, 0.29) is 5.82 Å².